The van der Waals surface area contributed by atoms with Crippen LogP contribution in [0.25, 0.3) is 0 Å². The average Bonchev–Trinajstić information content (AvgIpc) is 2.40. The molecule has 20 heavy (non-hydrogen) atoms. The third-order valence-electron chi connectivity index (χ3n) is 2.44. The van der Waals surface area contributed by atoms with Gasteiger partial charge in [-0.15, -0.1) is 0 Å². The maximum atomic E-state index is 11.8. The van der Waals surface area contributed by atoms with Crippen LogP contribution in [0.1, 0.15) is 16.8 Å². The van der Waals surface area contributed by atoms with Gasteiger partial charge in [0.1, 0.15) is 0 Å². The van der Waals surface area contributed by atoms with E-state index in [1.807, 2.05) is 14.1 Å². The lowest BCUT2D eigenvalue weighted by atomic mass is 10.2. The van der Waals surface area contributed by atoms with Gasteiger partial charge in [0.05, 0.1) is 0 Å². The van der Waals surface area contributed by atoms with Crippen molar-refractivity contribution in [1.82, 2.24) is 21.1 Å². The molecule has 0 aliphatic rings. The van der Waals surface area contributed by atoms with E-state index in [9.17, 15) is 4.79 Å². The zero-order chi connectivity index (χ0) is 15.0. The molecule has 0 spiro atoms. The normalized spacial score (nSPS) is 10.2. The summed E-state index contributed by atoms with van der Waals surface area (Å²) in [5.74, 6) is -0.287. The van der Waals surface area contributed by atoms with Crippen molar-refractivity contribution in [1.29, 1.82) is 0 Å². The molecule has 0 heterocycles. The standard InChI is InChI=1S/C13H19ClN4OS/c1-18(2)8-4-7-15-13(20)17-16-12(19)10-5-3-6-11(14)9-10/h3,5-6,9H,4,7-8H2,1-2H3,(H,16,19)(H2,15,17,20). The molecule has 0 saturated carbocycles. The highest BCUT2D eigenvalue weighted by Crippen LogP contribution is 2.09. The second-order valence-electron chi connectivity index (χ2n) is 4.50. The van der Waals surface area contributed by atoms with Crippen molar-refractivity contribution in [3.63, 3.8) is 0 Å². The van der Waals surface area contributed by atoms with Crippen LogP contribution in [0.3, 0.4) is 0 Å². The number of benzene rings is 1. The molecule has 110 valence electrons. The van der Waals surface area contributed by atoms with Crippen LogP contribution in [0.5, 0.6) is 0 Å². The second-order valence-corrected chi connectivity index (χ2v) is 5.35. The molecule has 1 aromatic carbocycles. The third kappa shape index (κ3) is 6.70. The minimum absolute atomic E-state index is 0.287. The minimum Gasteiger partial charge on any atom is -0.361 e. The molecule has 0 unspecified atom stereocenters. The summed E-state index contributed by atoms with van der Waals surface area (Å²) in [7, 11) is 4.03. The van der Waals surface area contributed by atoms with Crippen molar-refractivity contribution in [2.75, 3.05) is 27.2 Å². The van der Waals surface area contributed by atoms with E-state index in [-0.39, 0.29) is 5.91 Å². The fourth-order valence-corrected chi connectivity index (χ4v) is 1.80. The summed E-state index contributed by atoms with van der Waals surface area (Å²) in [4.78, 5) is 13.9. The van der Waals surface area contributed by atoms with E-state index in [0.717, 1.165) is 19.5 Å². The van der Waals surface area contributed by atoms with Gasteiger partial charge in [-0.25, -0.2) is 0 Å². The van der Waals surface area contributed by atoms with Crippen LogP contribution in [0.2, 0.25) is 5.02 Å². The Hall–Kier alpha value is -1.37. The van der Waals surface area contributed by atoms with Crippen LogP contribution >= 0.6 is 23.8 Å². The summed E-state index contributed by atoms with van der Waals surface area (Å²) < 4.78 is 0. The lowest BCUT2D eigenvalue weighted by molar-refractivity contribution is 0.0943. The second kappa shape index (κ2) is 8.73. The lowest BCUT2D eigenvalue weighted by Crippen LogP contribution is -2.47. The number of nitrogens with one attached hydrogen (secondary N) is 3. The van der Waals surface area contributed by atoms with E-state index in [2.05, 4.69) is 21.1 Å². The average molecular weight is 315 g/mol. The van der Waals surface area contributed by atoms with Crippen LogP contribution < -0.4 is 16.2 Å². The van der Waals surface area contributed by atoms with Crippen LogP contribution in [0.15, 0.2) is 24.3 Å². The summed E-state index contributed by atoms with van der Waals surface area (Å²) in [6.07, 6.45) is 0.969. The molecule has 1 rings (SSSR count). The van der Waals surface area contributed by atoms with Gasteiger partial charge in [-0.3, -0.25) is 15.6 Å². The number of halogens is 1. The highest BCUT2D eigenvalue weighted by Gasteiger charge is 2.05. The molecule has 0 bridgehead atoms. The fourth-order valence-electron chi connectivity index (χ4n) is 1.46. The highest BCUT2D eigenvalue weighted by atomic mass is 35.5. The number of rotatable bonds is 5. The quantitative estimate of drug-likeness (QED) is 0.436. The first-order chi connectivity index (χ1) is 9.49. The number of carbonyl (C=O) groups is 1. The number of carbonyl (C=O) groups excluding carboxylic acids is 1. The van der Waals surface area contributed by atoms with Crippen molar-refractivity contribution >= 4 is 34.8 Å². The topological polar surface area (TPSA) is 56.4 Å². The summed E-state index contributed by atoms with van der Waals surface area (Å²) in [5.41, 5.74) is 5.64. The van der Waals surface area contributed by atoms with Crippen molar-refractivity contribution in [2.24, 2.45) is 0 Å². The number of hydrazine groups is 1. The Morgan fingerprint density at radius 1 is 1.35 bits per heavy atom. The lowest BCUT2D eigenvalue weighted by Gasteiger charge is -2.13. The summed E-state index contributed by atoms with van der Waals surface area (Å²) in [6, 6.07) is 6.69. The Bertz CT molecular complexity index is 467. The number of thiocarbonyl (C=S) groups is 1. The fraction of sp³-hybridized carbons (Fsp3) is 0.385. The van der Waals surface area contributed by atoms with Crippen LogP contribution in [-0.2, 0) is 0 Å². The Morgan fingerprint density at radius 3 is 2.75 bits per heavy atom. The summed E-state index contributed by atoms with van der Waals surface area (Å²) >= 11 is 10.9. The van der Waals surface area contributed by atoms with Gasteiger partial charge >= 0.3 is 0 Å². The molecule has 7 heteroatoms. The molecule has 0 fully saturated rings. The molecule has 1 amide bonds. The first kappa shape index (κ1) is 16.7. The summed E-state index contributed by atoms with van der Waals surface area (Å²) in [6.45, 7) is 1.72. The molecular formula is C13H19ClN4OS. The number of hydrogen-bond acceptors (Lipinski definition) is 3. The van der Waals surface area contributed by atoms with Crippen molar-refractivity contribution in [2.45, 2.75) is 6.42 Å². The van der Waals surface area contributed by atoms with Gasteiger partial charge in [-0.05, 0) is 57.5 Å². The van der Waals surface area contributed by atoms with Gasteiger partial charge in [0.15, 0.2) is 5.11 Å². The Balaban J connectivity index is 2.25. The Kier molecular flexibility index (Phi) is 7.28. The van der Waals surface area contributed by atoms with Crippen LogP contribution in [-0.4, -0.2) is 43.1 Å². The van der Waals surface area contributed by atoms with Gasteiger partial charge < -0.3 is 10.2 Å². The van der Waals surface area contributed by atoms with Gasteiger partial charge in [0, 0.05) is 17.1 Å². The molecule has 0 radical (unpaired) electrons. The number of amides is 1. The van der Waals surface area contributed by atoms with E-state index in [0.29, 0.717) is 15.7 Å². The van der Waals surface area contributed by atoms with Crippen LogP contribution in [0.4, 0.5) is 0 Å². The molecule has 0 atom stereocenters. The van der Waals surface area contributed by atoms with E-state index in [1.54, 1.807) is 24.3 Å². The van der Waals surface area contributed by atoms with E-state index < -0.39 is 0 Å². The SMILES string of the molecule is CN(C)CCCNC(=S)NNC(=O)c1cccc(Cl)c1. The molecule has 3 N–H and O–H groups in total. The minimum atomic E-state index is -0.287. The smallest absolute Gasteiger partial charge is 0.269 e. The van der Waals surface area contributed by atoms with Crippen molar-refractivity contribution < 1.29 is 4.79 Å². The van der Waals surface area contributed by atoms with E-state index in [1.165, 1.54) is 0 Å². The molecule has 0 aliphatic carbocycles. The third-order valence-corrected chi connectivity index (χ3v) is 2.93. The largest absolute Gasteiger partial charge is 0.361 e. The predicted octanol–water partition coefficient (Wildman–Crippen LogP) is 1.40. The number of nitrogens with zero attached hydrogens (tertiary/aromatic N) is 1. The summed E-state index contributed by atoms with van der Waals surface area (Å²) in [5, 5.41) is 3.91. The number of hydrogen-bond donors (Lipinski definition) is 3. The highest BCUT2D eigenvalue weighted by molar-refractivity contribution is 7.80. The van der Waals surface area contributed by atoms with Gasteiger partial charge in [0.25, 0.3) is 5.91 Å². The van der Waals surface area contributed by atoms with Crippen molar-refractivity contribution in [3.8, 4) is 0 Å². The molecule has 0 aromatic heterocycles. The molecule has 1 aromatic rings. The van der Waals surface area contributed by atoms with Crippen LogP contribution in [0, 0.1) is 0 Å². The van der Waals surface area contributed by atoms with Gasteiger partial charge in [-0.1, -0.05) is 17.7 Å². The van der Waals surface area contributed by atoms with Gasteiger partial charge in [0.2, 0.25) is 0 Å². The molecule has 0 aliphatic heterocycles. The zero-order valence-corrected chi connectivity index (χ0v) is 13.1. The molecular weight excluding hydrogens is 296 g/mol. The molecule has 5 nitrogen and oxygen atoms in total. The first-order valence-corrected chi connectivity index (χ1v) is 7.02. The Morgan fingerprint density at radius 2 is 2.10 bits per heavy atom. The van der Waals surface area contributed by atoms with Gasteiger partial charge in [-0.2, -0.15) is 0 Å². The Labute approximate surface area is 129 Å². The zero-order valence-electron chi connectivity index (χ0n) is 11.6. The maximum Gasteiger partial charge on any atom is 0.269 e. The predicted molar refractivity (Wildman–Crippen MR) is 85.8 cm³/mol. The monoisotopic (exact) mass is 314 g/mol. The van der Waals surface area contributed by atoms with E-state index >= 15 is 0 Å². The first-order valence-electron chi connectivity index (χ1n) is 6.23. The maximum absolute atomic E-state index is 11.8. The van der Waals surface area contributed by atoms with Crippen molar-refractivity contribution in [3.05, 3.63) is 34.9 Å². The molecule has 0 saturated heterocycles. The van der Waals surface area contributed by atoms with E-state index in [4.69, 9.17) is 23.8 Å².